The lowest BCUT2D eigenvalue weighted by Gasteiger charge is -2.10. The maximum Gasteiger partial charge on any atom is 0.130 e. The second-order valence-electron chi connectivity index (χ2n) is 2.68. The van der Waals surface area contributed by atoms with Crippen molar-refractivity contribution in [3.8, 4) is 11.5 Å². The first-order valence-corrected chi connectivity index (χ1v) is 4.40. The minimum atomic E-state index is 0.255. The molecule has 3 heteroatoms. The molecule has 0 aliphatic rings. The minimum Gasteiger partial charge on any atom is -0.507 e. The van der Waals surface area contributed by atoms with E-state index in [1.54, 1.807) is 13.2 Å². The van der Waals surface area contributed by atoms with Crippen LogP contribution in [0.4, 0.5) is 0 Å². The van der Waals surface area contributed by atoms with Gasteiger partial charge in [0.1, 0.15) is 11.5 Å². The standard InChI is InChI=1S/C9H11BrO2/c1-5-4-7(11)8(10)6(2)9(5)12-3/h4,11H,1-3H3. The van der Waals surface area contributed by atoms with Gasteiger partial charge in [-0.15, -0.1) is 0 Å². The topological polar surface area (TPSA) is 29.5 Å². The van der Waals surface area contributed by atoms with Gasteiger partial charge in [-0.3, -0.25) is 0 Å². The summed E-state index contributed by atoms with van der Waals surface area (Å²) in [5.74, 6) is 1.07. The van der Waals surface area contributed by atoms with Crippen LogP contribution in [0, 0.1) is 13.8 Å². The van der Waals surface area contributed by atoms with Gasteiger partial charge in [0.25, 0.3) is 0 Å². The lowest BCUT2D eigenvalue weighted by atomic mass is 10.1. The van der Waals surface area contributed by atoms with Gasteiger partial charge in [-0.1, -0.05) is 0 Å². The quantitative estimate of drug-likeness (QED) is 0.805. The van der Waals surface area contributed by atoms with Crippen LogP contribution in [0.2, 0.25) is 0 Å². The number of ether oxygens (including phenoxy) is 1. The number of aryl methyl sites for hydroxylation is 1. The molecule has 0 spiro atoms. The molecule has 0 radical (unpaired) electrons. The van der Waals surface area contributed by atoms with Crippen LogP contribution in [-0.2, 0) is 0 Å². The zero-order valence-electron chi connectivity index (χ0n) is 7.31. The van der Waals surface area contributed by atoms with Crippen LogP contribution >= 0.6 is 15.9 Å². The van der Waals surface area contributed by atoms with Crippen LogP contribution in [0.3, 0.4) is 0 Å². The Morgan fingerprint density at radius 2 is 2.00 bits per heavy atom. The van der Waals surface area contributed by atoms with Crippen molar-refractivity contribution in [2.45, 2.75) is 13.8 Å². The minimum absolute atomic E-state index is 0.255. The zero-order valence-corrected chi connectivity index (χ0v) is 8.90. The maximum absolute atomic E-state index is 9.40. The molecule has 1 N–H and O–H groups in total. The van der Waals surface area contributed by atoms with Gasteiger partial charge in [-0.2, -0.15) is 0 Å². The van der Waals surface area contributed by atoms with E-state index in [1.165, 1.54) is 0 Å². The molecule has 1 aromatic carbocycles. The predicted octanol–water partition coefficient (Wildman–Crippen LogP) is 2.78. The molecule has 2 nitrogen and oxygen atoms in total. The van der Waals surface area contributed by atoms with E-state index in [0.29, 0.717) is 4.47 Å². The van der Waals surface area contributed by atoms with Crippen LogP contribution in [0.15, 0.2) is 10.5 Å². The summed E-state index contributed by atoms with van der Waals surface area (Å²) in [6.45, 7) is 3.80. The summed E-state index contributed by atoms with van der Waals surface area (Å²) in [5.41, 5.74) is 1.87. The van der Waals surface area contributed by atoms with Gasteiger partial charge in [-0.25, -0.2) is 0 Å². The third-order valence-electron chi connectivity index (χ3n) is 1.81. The molecule has 1 rings (SSSR count). The van der Waals surface area contributed by atoms with Crippen molar-refractivity contribution >= 4 is 15.9 Å². The number of methoxy groups -OCH3 is 1. The molecule has 0 saturated carbocycles. The molecule has 0 unspecified atom stereocenters. The highest BCUT2D eigenvalue weighted by Crippen LogP contribution is 2.36. The van der Waals surface area contributed by atoms with Gasteiger partial charge in [0, 0.05) is 5.56 Å². The molecule has 1 aromatic rings. The highest BCUT2D eigenvalue weighted by molar-refractivity contribution is 9.10. The van der Waals surface area contributed by atoms with Crippen LogP contribution in [0.1, 0.15) is 11.1 Å². The van der Waals surface area contributed by atoms with Crippen LogP contribution in [0.25, 0.3) is 0 Å². The third-order valence-corrected chi connectivity index (χ3v) is 2.81. The Hall–Kier alpha value is -0.700. The first-order valence-electron chi connectivity index (χ1n) is 3.60. The zero-order chi connectivity index (χ0) is 9.30. The third kappa shape index (κ3) is 1.41. The highest BCUT2D eigenvalue weighted by atomic mass is 79.9. The molecule has 0 saturated heterocycles. The number of phenols is 1. The normalized spacial score (nSPS) is 10.0. The van der Waals surface area contributed by atoms with Gasteiger partial charge in [-0.05, 0) is 41.4 Å². The molecule has 0 amide bonds. The van der Waals surface area contributed by atoms with E-state index in [0.717, 1.165) is 16.9 Å². The summed E-state index contributed by atoms with van der Waals surface area (Å²) in [5, 5.41) is 9.40. The number of hydrogen-bond acceptors (Lipinski definition) is 2. The average molecular weight is 231 g/mol. The van der Waals surface area contributed by atoms with Crippen molar-refractivity contribution in [2.75, 3.05) is 7.11 Å². The van der Waals surface area contributed by atoms with E-state index < -0.39 is 0 Å². The Kier molecular flexibility index (Phi) is 2.62. The van der Waals surface area contributed by atoms with Crippen molar-refractivity contribution in [3.63, 3.8) is 0 Å². The van der Waals surface area contributed by atoms with E-state index in [-0.39, 0.29) is 5.75 Å². The van der Waals surface area contributed by atoms with Gasteiger partial charge < -0.3 is 9.84 Å². The van der Waals surface area contributed by atoms with Crippen molar-refractivity contribution in [1.29, 1.82) is 0 Å². The summed E-state index contributed by atoms with van der Waals surface area (Å²) in [6.07, 6.45) is 0. The molecule has 0 aliphatic heterocycles. The highest BCUT2D eigenvalue weighted by Gasteiger charge is 2.10. The number of benzene rings is 1. The van der Waals surface area contributed by atoms with Gasteiger partial charge in [0.2, 0.25) is 0 Å². The average Bonchev–Trinajstić information content (AvgIpc) is 2.01. The van der Waals surface area contributed by atoms with E-state index in [4.69, 9.17) is 4.74 Å². The maximum atomic E-state index is 9.40. The molecule has 0 fully saturated rings. The molecule has 0 heterocycles. The Bertz CT molecular complexity index is 308. The van der Waals surface area contributed by atoms with Crippen LogP contribution < -0.4 is 4.74 Å². The molecule has 12 heavy (non-hydrogen) atoms. The monoisotopic (exact) mass is 230 g/mol. The number of rotatable bonds is 1. The fourth-order valence-electron chi connectivity index (χ4n) is 1.24. The van der Waals surface area contributed by atoms with E-state index >= 15 is 0 Å². The SMILES string of the molecule is COc1c(C)cc(O)c(Br)c1C. The first-order chi connectivity index (χ1) is 5.57. The molecule has 66 valence electrons. The lowest BCUT2D eigenvalue weighted by Crippen LogP contribution is -1.91. The van der Waals surface area contributed by atoms with Gasteiger partial charge in [0.15, 0.2) is 0 Å². The molecule has 0 aromatic heterocycles. The number of phenolic OH excluding ortho intramolecular Hbond substituents is 1. The first kappa shape index (κ1) is 9.39. The Morgan fingerprint density at radius 1 is 1.42 bits per heavy atom. The van der Waals surface area contributed by atoms with Crippen LogP contribution in [0.5, 0.6) is 11.5 Å². The summed E-state index contributed by atoms with van der Waals surface area (Å²) >= 11 is 3.27. The lowest BCUT2D eigenvalue weighted by molar-refractivity contribution is 0.404. The van der Waals surface area contributed by atoms with Crippen molar-refractivity contribution < 1.29 is 9.84 Å². The van der Waals surface area contributed by atoms with Gasteiger partial charge >= 0.3 is 0 Å². The number of halogens is 1. The number of aromatic hydroxyl groups is 1. The Balaban J connectivity index is 3.40. The number of hydrogen-bond donors (Lipinski definition) is 1. The van der Waals surface area contributed by atoms with Crippen molar-refractivity contribution in [2.24, 2.45) is 0 Å². The smallest absolute Gasteiger partial charge is 0.130 e. The molecular formula is C9H11BrO2. The summed E-state index contributed by atoms with van der Waals surface area (Å²) in [6, 6.07) is 1.68. The molecule has 0 atom stereocenters. The van der Waals surface area contributed by atoms with E-state index in [2.05, 4.69) is 15.9 Å². The fourth-order valence-corrected chi connectivity index (χ4v) is 1.53. The summed E-state index contributed by atoms with van der Waals surface area (Å²) in [4.78, 5) is 0. The fraction of sp³-hybridized carbons (Fsp3) is 0.333. The largest absolute Gasteiger partial charge is 0.507 e. The second-order valence-corrected chi connectivity index (χ2v) is 3.48. The summed E-state index contributed by atoms with van der Waals surface area (Å²) in [7, 11) is 1.62. The van der Waals surface area contributed by atoms with Crippen molar-refractivity contribution in [3.05, 3.63) is 21.7 Å². The molecular weight excluding hydrogens is 220 g/mol. The van der Waals surface area contributed by atoms with Crippen molar-refractivity contribution in [1.82, 2.24) is 0 Å². The Labute approximate surface area is 80.3 Å². The summed E-state index contributed by atoms with van der Waals surface area (Å²) < 4.78 is 5.87. The molecule has 0 aliphatic carbocycles. The van der Waals surface area contributed by atoms with E-state index in [1.807, 2.05) is 13.8 Å². The van der Waals surface area contributed by atoms with Gasteiger partial charge in [0.05, 0.1) is 11.6 Å². The van der Waals surface area contributed by atoms with E-state index in [9.17, 15) is 5.11 Å². The predicted molar refractivity (Wildman–Crippen MR) is 51.8 cm³/mol. The molecule has 0 bridgehead atoms. The second kappa shape index (κ2) is 3.35. The Morgan fingerprint density at radius 3 is 2.50 bits per heavy atom. The van der Waals surface area contributed by atoms with Crippen LogP contribution in [-0.4, -0.2) is 12.2 Å².